The third-order valence-electron chi connectivity index (χ3n) is 4.38. The standard InChI is InChI=1S/C17H17ClN6O/c1-12-6-7-19-17-20-15(21-24(12)17)16(25)23-10-8-22(9-11-23)14-4-2-13(18)3-5-14/h2-7H,8-11H2,1H3. The molecule has 0 spiro atoms. The van der Waals surface area contributed by atoms with Gasteiger partial charge in [-0.3, -0.25) is 4.79 Å². The molecule has 0 unspecified atom stereocenters. The molecule has 7 nitrogen and oxygen atoms in total. The Labute approximate surface area is 149 Å². The van der Waals surface area contributed by atoms with Crippen molar-refractivity contribution in [3.63, 3.8) is 0 Å². The van der Waals surface area contributed by atoms with Crippen LogP contribution in [0.2, 0.25) is 5.02 Å². The number of hydrogen-bond acceptors (Lipinski definition) is 5. The van der Waals surface area contributed by atoms with Crippen molar-refractivity contribution in [1.29, 1.82) is 0 Å². The first-order valence-electron chi connectivity index (χ1n) is 8.10. The van der Waals surface area contributed by atoms with Gasteiger partial charge in [0.15, 0.2) is 0 Å². The van der Waals surface area contributed by atoms with Crippen LogP contribution in [-0.2, 0) is 0 Å². The first-order chi connectivity index (χ1) is 12.1. The molecule has 1 saturated heterocycles. The second kappa shape index (κ2) is 6.33. The zero-order valence-electron chi connectivity index (χ0n) is 13.8. The Bertz CT molecular complexity index is 915. The number of aryl methyl sites for hydroxylation is 1. The van der Waals surface area contributed by atoms with E-state index in [1.807, 2.05) is 37.3 Å². The molecule has 4 rings (SSSR count). The molecule has 0 aliphatic carbocycles. The molecule has 0 saturated carbocycles. The Morgan fingerprint density at radius 3 is 2.48 bits per heavy atom. The molecule has 0 bridgehead atoms. The number of benzene rings is 1. The molecule has 2 aromatic heterocycles. The van der Waals surface area contributed by atoms with E-state index >= 15 is 0 Å². The van der Waals surface area contributed by atoms with Crippen LogP contribution in [0.5, 0.6) is 0 Å². The van der Waals surface area contributed by atoms with Gasteiger partial charge in [0.05, 0.1) is 0 Å². The summed E-state index contributed by atoms with van der Waals surface area (Å²) in [6.45, 7) is 4.69. The minimum absolute atomic E-state index is 0.152. The van der Waals surface area contributed by atoms with E-state index in [0.29, 0.717) is 18.9 Å². The predicted molar refractivity (Wildman–Crippen MR) is 95.1 cm³/mol. The highest BCUT2D eigenvalue weighted by Gasteiger charge is 2.25. The van der Waals surface area contributed by atoms with Crippen LogP contribution in [-0.4, -0.2) is 56.6 Å². The highest BCUT2D eigenvalue weighted by molar-refractivity contribution is 6.30. The second-order valence-electron chi connectivity index (χ2n) is 5.99. The lowest BCUT2D eigenvalue weighted by atomic mass is 10.2. The van der Waals surface area contributed by atoms with Crippen LogP contribution in [0.4, 0.5) is 5.69 Å². The largest absolute Gasteiger partial charge is 0.368 e. The SMILES string of the molecule is Cc1ccnc2nc(C(=O)N3CCN(c4ccc(Cl)cc4)CC3)nn12. The molecular weight excluding hydrogens is 340 g/mol. The van der Waals surface area contributed by atoms with Crippen molar-refractivity contribution in [3.8, 4) is 0 Å². The van der Waals surface area contributed by atoms with Crippen LogP contribution in [0, 0.1) is 6.92 Å². The molecule has 128 valence electrons. The number of fused-ring (bicyclic) bond motifs is 1. The fraction of sp³-hybridized carbons (Fsp3) is 0.294. The molecule has 1 aromatic carbocycles. The van der Waals surface area contributed by atoms with Gasteiger partial charge in [-0.25, -0.2) is 9.50 Å². The van der Waals surface area contributed by atoms with Gasteiger partial charge in [0.2, 0.25) is 5.82 Å². The maximum atomic E-state index is 12.7. The Kier molecular flexibility index (Phi) is 4.01. The minimum atomic E-state index is -0.152. The number of nitrogens with zero attached hydrogens (tertiary/aromatic N) is 6. The number of anilines is 1. The lowest BCUT2D eigenvalue weighted by Crippen LogP contribution is -2.49. The predicted octanol–water partition coefficient (Wildman–Crippen LogP) is 2.05. The molecule has 8 heteroatoms. The van der Waals surface area contributed by atoms with Gasteiger partial charge in [-0.2, -0.15) is 4.98 Å². The Hall–Kier alpha value is -2.67. The third kappa shape index (κ3) is 3.02. The van der Waals surface area contributed by atoms with E-state index in [-0.39, 0.29) is 11.7 Å². The van der Waals surface area contributed by atoms with Crippen molar-refractivity contribution in [2.24, 2.45) is 0 Å². The van der Waals surface area contributed by atoms with Crippen LogP contribution in [0.1, 0.15) is 16.3 Å². The van der Waals surface area contributed by atoms with E-state index in [9.17, 15) is 4.79 Å². The summed E-state index contributed by atoms with van der Waals surface area (Å²) < 4.78 is 1.59. The quantitative estimate of drug-likeness (QED) is 0.703. The molecule has 0 radical (unpaired) electrons. The van der Waals surface area contributed by atoms with Crippen molar-refractivity contribution in [1.82, 2.24) is 24.5 Å². The molecule has 1 aliphatic heterocycles. The average molecular weight is 357 g/mol. The molecular formula is C17H17ClN6O. The maximum Gasteiger partial charge on any atom is 0.293 e. The summed E-state index contributed by atoms with van der Waals surface area (Å²) in [7, 11) is 0. The topological polar surface area (TPSA) is 66.6 Å². The fourth-order valence-electron chi connectivity index (χ4n) is 2.96. The zero-order valence-corrected chi connectivity index (χ0v) is 14.5. The van der Waals surface area contributed by atoms with E-state index in [1.165, 1.54) is 0 Å². The van der Waals surface area contributed by atoms with Crippen molar-refractivity contribution in [2.45, 2.75) is 6.92 Å². The molecule has 3 aromatic rings. The molecule has 25 heavy (non-hydrogen) atoms. The summed E-state index contributed by atoms with van der Waals surface area (Å²) in [6, 6.07) is 9.59. The Morgan fingerprint density at radius 2 is 1.80 bits per heavy atom. The highest BCUT2D eigenvalue weighted by atomic mass is 35.5. The summed E-state index contributed by atoms with van der Waals surface area (Å²) in [4.78, 5) is 25.1. The van der Waals surface area contributed by atoms with Gasteiger partial charge in [-0.1, -0.05) is 11.6 Å². The van der Waals surface area contributed by atoms with Crippen molar-refractivity contribution in [3.05, 3.63) is 53.1 Å². The molecule has 1 fully saturated rings. The van der Waals surface area contributed by atoms with Crippen LogP contribution in [0.25, 0.3) is 5.78 Å². The monoisotopic (exact) mass is 356 g/mol. The van der Waals surface area contributed by atoms with Crippen molar-refractivity contribution >= 4 is 29.0 Å². The maximum absolute atomic E-state index is 12.7. The van der Waals surface area contributed by atoms with E-state index in [0.717, 1.165) is 29.5 Å². The smallest absolute Gasteiger partial charge is 0.293 e. The molecule has 0 atom stereocenters. The average Bonchev–Trinajstić information content (AvgIpc) is 3.08. The summed E-state index contributed by atoms with van der Waals surface area (Å²) in [5, 5.41) is 5.02. The lowest BCUT2D eigenvalue weighted by Gasteiger charge is -2.35. The molecule has 0 N–H and O–H groups in total. The highest BCUT2D eigenvalue weighted by Crippen LogP contribution is 2.20. The van der Waals surface area contributed by atoms with Crippen molar-refractivity contribution < 1.29 is 4.79 Å². The number of carbonyl (C=O) groups excluding carboxylic acids is 1. The number of rotatable bonds is 2. The summed E-state index contributed by atoms with van der Waals surface area (Å²) in [5.41, 5.74) is 2.01. The number of piperazine rings is 1. The van der Waals surface area contributed by atoms with E-state index < -0.39 is 0 Å². The van der Waals surface area contributed by atoms with E-state index in [2.05, 4.69) is 20.0 Å². The Balaban J connectivity index is 1.47. The number of amides is 1. The van der Waals surface area contributed by atoms with Gasteiger partial charge in [0.1, 0.15) is 0 Å². The molecule has 3 heterocycles. The normalized spacial score (nSPS) is 15.0. The fourth-order valence-corrected chi connectivity index (χ4v) is 3.08. The summed E-state index contributed by atoms with van der Waals surface area (Å²) in [6.07, 6.45) is 1.67. The second-order valence-corrected chi connectivity index (χ2v) is 6.43. The molecule has 1 amide bonds. The van der Waals surface area contributed by atoms with E-state index in [4.69, 9.17) is 11.6 Å². The Morgan fingerprint density at radius 1 is 1.08 bits per heavy atom. The summed E-state index contributed by atoms with van der Waals surface area (Å²) >= 11 is 5.94. The van der Waals surface area contributed by atoms with Crippen LogP contribution in [0.15, 0.2) is 36.5 Å². The van der Waals surface area contributed by atoms with Crippen LogP contribution >= 0.6 is 11.6 Å². The van der Waals surface area contributed by atoms with Gasteiger partial charge in [-0.15, -0.1) is 5.10 Å². The number of halogens is 1. The number of carbonyl (C=O) groups is 1. The zero-order chi connectivity index (χ0) is 17.4. The van der Waals surface area contributed by atoms with Crippen molar-refractivity contribution in [2.75, 3.05) is 31.1 Å². The summed E-state index contributed by atoms with van der Waals surface area (Å²) in [5.74, 6) is 0.491. The van der Waals surface area contributed by atoms with Gasteiger partial charge in [0, 0.05) is 48.8 Å². The minimum Gasteiger partial charge on any atom is -0.368 e. The number of aromatic nitrogens is 4. The van der Waals surface area contributed by atoms with Gasteiger partial charge >= 0.3 is 0 Å². The van der Waals surface area contributed by atoms with Gasteiger partial charge in [0.25, 0.3) is 11.7 Å². The third-order valence-corrected chi connectivity index (χ3v) is 4.63. The first-order valence-corrected chi connectivity index (χ1v) is 8.48. The lowest BCUT2D eigenvalue weighted by molar-refractivity contribution is 0.0734. The first kappa shape index (κ1) is 15.8. The van der Waals surface area contributed by atoms with Gasteiger partial charge < -0.3 is 9.80 Å². The van der Waals surface area contributed by atoms with Crippen LogP contribution < -0.4 is 4.90 Å². The van der Waals surface area contributed by atoms with Crippen LogP contribution in [0.3, 0.4) is 0 Å². The molecule has 1 aliphatic rings. The van der Waals surface area contributed by atoms with E-state index in [1.54, 1.807) is 15.6 Å². The van der Waals surface area contributed by atoms with Gasteiger partial charge in [-0.05, 0) is 37.3 Å². The number of hydrogen-bond donors (Lipinski definition) is 0.